The van der Waals surface area contributed by atoms with Crippen LogP contribution in [0.4, 0.5) is 0 Å². The number of hydrogen-bond donors (Lipinski definition) is 0. The molecule has 0 N–H and O–H groups in total. The molecule has 0 aliphatic carbocycles. The summed E-state index contributed by atoms with van der Waals surface area (Å²) in [6, 6.07) is 0. The average molecular weight is 193 g/mol. The Hall–Kier alpha value is 0.640. The van der Waals surface area contributed by atoms with Crippen LogP contribution in [0.5, 0.6) is 0 Å². The first-order valence-corrected chi connectivity index (χ1v) is 9.32. The maximum Gasteiger partial charge on any atom is 0.146 e. The van der Waals surface area contributed by atoms with Gasteiger partial charge in [0.1, 0.15) is 11.8 Å². The Bertz CT molecular complexity index is 175. The molecule has 0 aromatic heterocycles. The van der Waals surface area contributed by atoms with E-state index in [9.17, 15) is 0 Å². The van der Waals surface area contributed by atoms with Crippen LogP contribution < -0.4 is 0 Å². The monoisotopic (exact) mass is 193 g/mol. The molecule has 0 saturated heterocycles. The fourth-order valence-corrected chi connectivity index (χ4v) is 7.35. The molecular weight excluding hydrogens is 177 g/mol. The molecule has 0 heterocycles. The Morgan fingerprint density at radius 3 is 2.30 bits per heavy atom. The van der Waals surface area contributed by atoms with Gasteiger partial charge in [-0.05, 0) is 13.3 Å². The van der Waals surface area contributed by atoms with Crippen molar-refractivity contribution in [3.05, 3.63) is 0 Å². The van der Waals surface area contributed by atoms with Crippen LogP contribution in [-0.4, -0.2) is 44.0 Å². The van der Waals surface area contributed by atoms with Gasteiger partial charge in [-0.1, -0.05) is 27.7 Å². The first kappa shape index (κ1) is 10.6. The van der Waals surface area contributed by atoms with Gasteiger partial charge in [-0.2, -0.15) is 0 Å². The number of rotatable bonds is 4. The summed E-state index contributed by atoms with van der Waals surface area (Å²) >= 11 is 0. The average Bonchev–Trinajstić information content (AvgIpc) is 1.59. The van der Waals surface area contributed by atoms with Crippen LogP contribution in [0.15, 0.2) is 0 Å². The van der Waals surface area contributed by atoms with Gasteiger partial charge in [0.15, 0.2) is 0 Å². The highest BCUT2D eigenvalue weighted by molar-refractivity contribution is 7.84. The smallest absolute Gasteiger partial charge is 0.0973 e. The highest BCUT2D eigenvalue weighted by Gasteiger charge is 2.09. The third-order valence-corrected chi connectivity index (χ3v) is 7.95. The predicted octanol–water partition coefficient (Wildman–Crippen LogP) is 2.90. The standard InChI is InChI=1S/C7H16P3/c1-8-6-9(2)7-10(3,4)5/h1-3,6-7H2,4-5H3/q+1. The molecule has 3 heteroatoms. The molecule has 0 aromatic rings. The first-order valence-electron chi connectivity index (χ1n) is 3.11. The van der Waals surface area contributed by atoms with Crippen LogP contribution in [0.3, 0.4) is 0 Å². The van der Waals surface area contributed by atoms with Gasteiger partial charge in [-0.3, -0.25) is 0 Å². The van der Waals surface area contributed by atoms with Crippen molar-refractivity contribution in [2.45, 2.75) is 0 Å². The van der Waals surface area contributed by atoms with E-state index in [4.69, 9.17) is 0 Å². The van der Waals surface area contributed by atoms with Crippen molar-refractivity contribution in [3.8, 4) is 0 Å². The highest BCUT2D eigenvalue weighted by Crippen LogP contribution is 2.45. The van der Waals surface area contributed by atoms with Crippen molar-refractivity contribution in [2.75, 3.05) is 25.1 Å². The topological polar surface area (TPSA) is 0 Å². The van der Waals surface area contributed by atoms with E-state index < -0.39 is 6.89 Å². The molecule has 58 valence electrons. The Morgan fingerprint density at radius 1 is 1.50 bits per heavy atom. The van der Waals surface area contributed by atoms with Crippen molar-refractivity contribution < 1.29 is 0 Å². The summed E-state index contributed by atoms with van der Waals surface area (Å²) in [4.78, 5) is 0. The van der Waals surface area contributed by atoms with Gasteiger partial charge in [-0.15, -0.1) is 0 Å². The SMILES string of the molecule is C=PC[P+](=C)CP(=C)(C)C. The lowest BCUT2D eigenvalue weighted by Crippen LogP contribution is -1.80. The zero-order valence-corrected chi connectivity index (χ0v) is 9.56. The molecule has 0 nitrogen and oxygen atoms in total. The Morgan fingerprint density at radius 2 is 2.00 bits per heavy atom. The van der Waals surface area contributed by atoms with Crippen LogP contribution >= 0.6 is 22.6 Å². The van der Waals surface area contributed by atoms with Crippen molar-refractivity contribution in [1.82, 2.24) is 0 Å². The molecule has 0 bridgehead atoms. The summed E-state index contributed by atoms with van der Waals surface area (Å²) in [5, 5.41) is 0. The third-order valence-electron chi connectivity index (χ3n) is 0.883. The fourth-order valence-electron chi connectivity index (χ4n) is 0.728. The van der Waals surface area contributed by atoms with E-state index in [2.05, 4.69) is 32.2 Å². The van der Waals surface area contributed by atoms with Crippen LogP contribution in [0.1, 0.15) is 0 Å². The molecule has 0 aliphatic rings. The summed E-state index contributed by atoms with van der Waals surface area (Å²) in [7, 11) is 1.24. The van der Waals surface area contributed by atoms with Crippen LogP contribution in [0, 0.1) is 0 Å². The summed E-state index contributed by atoms with van der Waals surface area (Å²) in [6.45, 7) is 3.73. The van der Waals surface area contributed by atoms with Crippen molar-refractivity contribution in [2.24, 2.45) is 0 Å². The quantitative estimate of drug-likeness (QED) is 0.602. The molecule has 0 saturated carbocycles. The molecule has 10 heavy (non-hydrogen) atoms. The predicted molar refractivity (Wildman–Crippen MR) is 63.7 cm³/mol. The highest BCUT2D eigenvalue weighted by atomic mass is 31.2. The molecule has 0 amide bonds. The van der Waals surface area contributed by atoms with Gasteiger partial charge in [0.2, 0.25) is 0 Å². The minimum atomic E-state index is -0.817. The second-order valence-electron chi connectivity index (χ2n) is 3.11. The molecular formula is C7H16P3+. The largest absolute Gasteiger partial charge is 0.146 e. The maximum absolute atomic E-state index is 4.16. The van der Waals surface area contributed by atoms with Crippen molar-refractivity contribution >= 4 is 41.5 Å². The summed E-state index contributed by atoms with van der Waals surface area (Å²) in [5.74, 6) is 2.46. The van der Waals surface area contributed by atoms with E-state index in [1.54, 1.807) is 0 Å². The minimum absolute atomic E-state index is 0.00669. The number of hydrogen-bond acceptors (Lipinski definition) is 0. The molecule has 0 spiro atoms. The fraction of sp³-hybridized carbons (Fsp3) is 0.571. The molecule has 1 atom stereocenters. The van der Waals surface area contributed by atoms with Gasteiger partial charge in [0, 0.05) is 0 Å². The first-order chi connectivity index (χ1) is 4.45. The van der Waals surface area contributed by atoms with E-state index in [0.29, 0.717) is 0 Å². The van der Waals surface area contributed by atoms with Crippen molar-refractivity contribution in [3.63, 3.8) is 0 Å². The van der Waals surface area contributed by atoms with E-state index in [0.717, 1.165) is 0 Å². The minimum Gasteiger partial charge on any atom is -0.0973 e. The van der Waals surface area contributed by atoms with E-state index in [1.165, 1.54) is 20.0 Å². The van der Waals surface area contributed by atoms with Crippen molar-refractivity contribution in [1.29, 1.82) is 0 Å². The Kier molecular flexibility index (Phi) is 4.79. The zero-order chi connectivity index (χ0) is 8.20. The van der Waals surface area contributed by atoms with Gasteiger partial charge in [0.05, 0.1) is 13.8 Å². The van der Waals surface area contributed by atoms with E-state index in [-0.39, 0.29) is 7.55 Å². The molecule has 1 unspecified atom stereocenters. The second kappa shape index (κ2) is 4.50. The van der Waals surface area contributed by atoms with Gasteiger partial charge in [0.25, 0.3) is 0 Å². The van der Waals surface area contributed by atoms with Gasteiger partial charge >= 0.3 is 0 Å². The van der Waals surface area contributed by atoms with Crippen LogP contribution in [-0.2, 0) is 0 Å². The summed E-state index contributed by atoms with van der Waals surface area (Å²) in [5.41, 5.74) is 0. The van der Waals surface area contributed by atoms with E-state index >= 15 is 0 Å². The second-order valence-corrected chi connectivity index (χ2v) is 11.0. The zero-order valence-electron chi connectivity index (χ0n) is 6.88. The molecule has 0 aromatic carbocycles. The third kappa shape index (κ3) is 6.76. The van der Waals surface area contributed by atoms with E-state index in [1.807, 2.05) is 0 Å². The van der Waals surface area contributed by atoms with Crippen LogP contribution in [0.2, 0.25) is 0 Å². The molecule has 0 rings (SSSR count). The Balaban J connectivity index is 3.80. The Labute approximate surface area is 67.2 Å². The molecule has 0 aliphatic heterocycles. The summed E-state index contributed by atoms with van der Waals surface area (Å²) < 4.78 is 0. The normalized spacial score (nSPS) is 13.6. The lowest BCUT2D eigenvalue weighted by Gasteiger charge is -2.04. The lowest BCUT2D eigenvalue weighted by molar-refractivity contribution is 1.97. The van der Waals surface area contributed by atoms with Gasteiger partial charge < -0.3 is 0 Å². The lowest BCUT2D eigenvalue weighted by atomic mass is 11.8. The van der Waals surface area contributed by atoms with Gasteiger partial charge in [-0.25, -0.2) is 0 Å². The summed E-state index contributed by atoms with van der Waals surface area (Å²) in [6.07, 6.45) is 12.1. The molecule has 0 radical (unpaired) electrons. The molecule has 0 fully saturated rings. The van der Waals surface area contributed by atoms with Crippen LogP contribution in [0.25, 0.3) is 0 Å². The maximum atomic E-state index is 4.16.